The average Bonchev–Trinajstić information content (AvgIpc) is 3.16. The number of amides is 1. The largest absolute Gasteiger partial charge is 0.494 e. The molecule has 0 aliphatic heterocycles. The summed E-state index contributed by atoms with van der Waals surface area (Å²) in [6.07, 6.45) is 1.77. The van der Waals surface area contributed by atoms with Crippen molar-refractivity contribution in [3.05, 3.63) is 47.9 Å². The number of nitrogens with one attached hydrogen (secondary N) is 1. The summed E-state index contributed by atoms with van der Waals surface area (Å²) in [4.78, 5) is 16.0. The number of ether oxygens (including phenoxy) is 1. The lowest BCUT2D eigenvalue weighted by molar-refractivity contribution is -0.141. The van der Waals surface area contributed by atoms with Gasteiger partial charge in [-0.1, -0.05) is 13.0 Å². The smallest absolute Gasteiger partial charge is 0.433 e. The number of benzene rings is 1. The molecule has 6 nitrogen and oxygen atoms in total. The van der Waals surface area contributed by atoms with Gasteiger partial charge in [0.05, 0.1) is 24.4 Å². The van der Waals surface area contributed by atoms with Crippen LogP contribution in [0.5, 0.6) is 5.75 Å². The molecule has 1 N–H and O–H groups in total. The van der Waals surface area contributed by atoms with Crippen LogP contribution in [0.1, 0.15) is 54.8 Å². The highest BCUT2D eigenvalue weighted by Crippen LogP contribution is 2.35. The monoisotopic (exact) mass is 432 g/mol. The quantitative estimate of drug-likeness (QED) is 0.594. The Labute approximate surface area is 177 Å². The number of carbonyl (C=O) groups is 1. The molecule has 2 heterocycles. The molecule has 4 rings (SSSR count). The maximum atomic E-state index is 12.9. The highest BCUT2D eigenvalue weighted by molar-refractivity contribution is 6.05. The second kappa shape index (κ2) is 8.20. The second-order valence-electron chi connectivity index (χ2n) is 7.99. The zero-order valence-electron chi connectivity index (χ0n) is 17.2. The first-order valence-corrected chi connectivity index (χ1v) is 10.2. The number of aromatic nitrogens is 3. The normalized spacial score (nSPS) is 19.4. The number of anilines is 1. The number of pyridine rings is 1. The van der Waals surface area contributed by atoms with Crippen LogP contribution in [0.25, 0.3) is 10.9 Å². The molecule has 31 heavy (non-hydrogen) atoms. The molecule has 1 aromatic carbocycles. The van der Waals surface area contributed by atoms with Crippen LogP contribution in [0.3, 0.4) is 0 Å². The van der Waals surface area contributed by atoms with E-state index in [2.05, 4.69) is 22.3 Å². The first kappa shape index (κ1) is 21.1. The molecule has 1 fully saturated rings. The van der Waals surface area contributed by atoms with Gasteiger partial charge in [0, 0.05) is 17.6 Å². The maximum absolute atomic E-state index is 12.9. The van der Waals surface area contributed by atoms with Gasteiger partial charge in [-0.05, 0) is 49.8 Å². The molecule has 0 spiro atoms. The van der Waals surface area contributed by atoms with E-state index in [0.29, 0.717) is 17.5 Å². The van der Waals surface area contributed by atoms with Crippen molar-refractivity contribution >= 4 is 22.5 Å². The highest BCUT2D eigenvalue weighted by atomic mass is 19.4. The molecular formula is C22H23F3N4O2. The zero-order valence-corrected chi connectivity index (χ0v) is 17.2. The van der Waals surface area contributed by atoms with Gasteiger partial charge in [0.25, 0.3) is 5.91 Å². The van der Waals surface area contributed by atoms with Crippen LogP contribution >= 0.6 is 0 Å². The maximum Gasteiger partial charge on any atom is 0.433 e. The number of alkyl halides is 3. The Hall–Kier alpha value is -3.10. The predicted octanol–water partition coefficient (Wildman–Crippen LogP) is 5.46. The van der Waals surface area contributed by atoms with Gasteiger partial charge >= 0.3 is 6.18 Å². The number of rotatable bonds is 4. The van der Waals surface area contributed by atoms with E-state index in [4.69, 9.17) is 4.74 Å². The molecule has 1 aliphatic rings. The molecule has 0 unspecified atom stereocenters. The topological polar surface area (TPSA) is 69.0 Å². The van der Waals surface area contributed by atoms with Crippen molar-refractivity contribution in [3.8, 4) is 5.75 Å². The Morgan fingerprint density at radius 1 is 1.19 bits per heavy atom. The number of halogens is 3. The molecule has 1 aliphatic carbocycles. The van der Waals surface area contributed by atoms with Crippen molar-refractivity contribution in [1.29, 1.82) is 0 Å². The van der Waals surface area contributed by atoms with Crippen molar-refractivity contribution in [2.24, 2.45) is 5.92 Å². The van der Waals surface area contributed by atoms with Crippen LogP contribution in [-0.2, 0) is 6.18 Å². The van der Waals surface area contributed by atoms with Gasteiger partial charge in [-0.25, -0.2) is 4.98 Å². The first-order valence-electron chi connectivity index (χ1n) is 10.2. The standard InChI is InChI=1S/C22H23F3N4O2/c1-13-6-8-15(9-7-13)29-12-14-10-18(19(31-2)11-17(14)28-29)27-21(30)16-4-3-5-20(26-16)22(23,24)25/h3-5,10-13,15H,6-9H2,1-2H3,(H,27,30)/t13-,15-. The third kappa shape index (κ3) is 4.50. The third-order valence-electron chi connectivity index (χ3n) is 5.72. The summed E-state index contributed by atoms with van der Waals surface area (Å²) in [7, 11) is 1.46. The van der Waals surface area contributed by atoms with Crippen molar-refractivity contribution in [1.82, 2.24) is 14.8 Å². The molecule has 0 atom stereocenters. The summed E-state index contributed by atoms with van der Waals surface area (Å²) in [6.45, 7) is 2.26. The lowest BCUT2D eigenvalue weighted by Gasteiger charge is -2.26. The third-order valence-corrected chi connectivity index (χ3v) is 5.72. The lowest BCUT2D eigenvalue weighted by atomic mass is 9.87. The minimum Gasteiger partial charge on any atom is -0.494 e. The Balaban J connectivity index is 1.60. The molecule has 0 radical (unpaired) electrons. The molecule has 1 saturated carbocycles. The van der Waals surface area contributed by atoms with Crippen LogP contribution in [0.2, 0.25) is 0 Å². The van der Waals surface area contributed by atoms with Gasteiger partial charge in [-0.3, -0.25) is 9.48 Å². The summed E-state index contributed by atoms with van der Waals surface area (Å²) >= 11 is 0. The molecule has 9 heteroatoms. The lowest BCUT2D eigenvalue weighted by Crippen LogP contribution is -2.17. The van der Waals surface area contributed by atoms with E-state index < -0.39 is 17.8 Å². The van der Waals surface area contributed by atoms with Gasteiger partial charge in [-0.15, -0.1) is 0 Å². The van der Waals surface area contributed by atoms with Crippen LogP contribution in [0.4, 0.5) is 18.9 Å². The summed E-state index contributed by atoms with van der Waals surface area (Å²) in [5.41, 5.74) is -0.378. The van der Waals surface area contributed by atoms with Gasteiger partial charge < -0.3 is 10.1 Å². The summed E-state index contributed by atoms with van der Waals surface area (Å²) < 4.78 is 46.1. The minimum absolute atomic E-state index is 0.330. The molecule has 0 bridgehead atoms. The Morgan fingerprint density at radius 3 is 2.61 bits per heavy atom. The molecule has 3 aromatic rings. The van der Waals surface area contributed by atoms with E-state index in [-0.39, 0.29) is 5.69 Å². The summed E-state index contributed by atoms with van der Waals surface area (Å²) in [5, 5.41) is 8.10. The van der Waals surface area contributed by atoms with Gasteiger partial charge in [0.15, 0.2) is 0 Å². The van der Waals surface area contributed by atoms with E-state index >= 15 is 0 Å². The van der Waals surface area contributed by atoms with Crippen LogP contribution in [-0.4, -0.2) is 27.8 Å². The summed E-state index contributed by atoms with van der Waals surface area (Å²) in [6, 6.07) is 6.98. The number of methoxy groups -OCH3 is 1. The van der Waals surface area contributed by atoms with Crippen LogP contribution < -0.4 is 10.1 Å². The van der Waals surface area contributed by atoms with Crippen molar-refractivity contribution < 1.29 is 22.7 Å². The Kier molecular flexibility index (Phi) is 5.60. The first-order chi connectivity index (χ1) is 14.7. The fraction of sp³-hybridized carbons (Fsp3) is 0.409. The van der Waals surface area contributed by atoms with E-state index in [1.54, 1.807) is 12.1 Å². The van der Waals surface area contributed by atoms with Gasteiger partial charge in [-0.2, -0.15) is 18.3 Å². The van der Waals surface area contributed by atoms with E-state index in [0.717, 1.165) is 54.6 Å². The number of carbonyl (C=O) groups excluding carboxylic acids is 1. The average molecular weight is 432 g/mol. The number of nitrogens with zero attached hydrogens (tertiary/aromatic N) is 3. The number of fused-ring (bicyclic) bond motifs is 1. The van der Waals surface area contributed by atoms with Crippen LogP contribution in [0, 0.1) is 5.92 Å². The molecule has 1 amide bonds. The van der Waals surface area contributed by atoms with Crippen LogP contribution in [0.15, 0.2) is 36.5 Å². The Morgan fingerprint density at radius 2 is 1.94 bits per heavy atom. The molecule has 0 saturated heterocycles. The van der Waals surface area contributed by atoms with E-state index in [1.807, 2.05) is 10.9 Å². The summed E-state index contributed by atoms with van der Waals surface area (Å²) in [5.74, 6) is 0.348. The Bertz CT molecular complexity index is 1100. The van der Waals surface area contributed by atoms with Gasteiger partial charge in [0.1, 0.15) is 17.1 Å². The van der Waals surface area contributed by atoms with Gasteiger partial charge in [0.2, 0.25) is 0 Å². The highest BCUT2D eigenvalue weighted by Gasteiger charge is 2.33. The van der Waals surface area contributed by atoms with E-state index in [1.165, 1.54) is 13.2 Å². The fourth-order valence-corrected chi connectivity index (χ4v) is 3.94. The predicted molar refractivity (Wildman–Crippen MR) is 110 cm³/mol. The van der Waals surface area contributed by atoms with E-state index in [9.17, 15) is 18.0 Å². The molecule has 2 aromatic heterocycles. The van der Waals surface area contributed by atoms with Crippen molar-refractivity contribution in [3.63, 3.8) is 0 Å². The molecular weight excluding hydrogens is 409 g/mol. The van der Waals surface area contributed by atoms with Crippen molar-refractivity contribution in [2.45, 2.75) is 44.8 Å². The number of hydrogen-bond donors (Lipinski definition) is 1. The number of hydrogen-bond acceptors (Lipinski definition) is 4. The minimum atomic E-state index is -4.63. The molecule has 164 valence electrons. The second-order valence-corrected chi connectivity index (χ2v) is 7.99. The van der Waals surface area contributed by atoms with Crippen molar-refractivity contribution in [2.75, 3.05) is 12.4 Å². The zero-order chi connectivity index (χ0) is 22.2. The SMILES string of the molecule is COc1cc2nn([C@H]3CC[C@H](C)CC3)cc2cc1NC(=O)c1cccc(C(F)(F)F)n1. The fourth-order valence-electron chi connectivity index (χ4n) is 3.94.